The van der Waals surface area contributed by atoms with E-state index in [0.717, 1.165) is 24.5 Å². The van der Waals surface area contributed by atoms with Gasteiger partial charge < -0.3 is 9.09 Å². The Bertz CT molecular complexity index is 582. The molecular weight excluding hydrogens is 240 g/mol. The van der Waals surface area contributed by atoms with Crippen LogP contribution in [0.1, 0.15) is 61.5 Å². The number of hydrogen-bond donors (Lipinski definition) is 0. The van der Waals surface area contributed by atoms with Crippen LogP contribution in [0, 0.1) is 6.92 Å². The molecule has 0 spiro atoms. The van der Waals surface area contributed by atoms with Crippen molar-refractivity contribution in [3.63, 3.8) is 0 Å². The van der Waals surface area contributed by atoms with Crippen molar-refractivity contribution in [3.05, 3.63) is 28.9 Å². The van der Waals surface area contributed by atoms with Gasteiger partial charge in [-0.3, -0.25) is 0 Å². The fourth-order valence-corrected chi connectivity index (χ4v) is 2.65. The number of hydrogen-bond acceptors (Lipinski definition) is 4. The third-order valence-electron chi connectivity index (χ3n) is 3.72. The smallest absolute Gasteiger partial charge is 0.246 e. The van der Waals surface area contributed by atoms with Gasteiger partial charge in [-0.05, 0) is 32.6 Å². The molecule has 1 aliphatic carbocycles. The maximum atomic E-state index is 5.34. The minimum Gasteiger partial charge on any atom is -0.337 e. The van der Waals surface area contributed by atoms with E-state index in [-0.39, 0.29) is 0 Å². The second kappa shape index (κ2) is 4.79. The molecule has 0 radical (unpaired) electrons. The molecule has 0 atom stereocenters. The summed E-state index contributed by atoms with van der Waals surface area (Å²) in [6.45, 7) is 6.84. The summed E-state index contributed by atoms with van der Waals surface area (Å²) >= 11 is 0. The van der Waals surface area contributed by atoms with E-state index < -0.39 is 0 Å². The molecule has 0 bridgehead atoms. The van der Waals surface area contributed by atoms with Crippen LogP contribution in [0.25, 0.3) is 0 Å². The number of aromatic nitrogens is 4. The van der Waals surface area contributed by atoms with Gasteiger partial charge in [-0.1, -0.05) is 19.0 Å². The molecule has 0 fully saturated rings. The molecule has 2 aromatic rings. The average Bonchev–Trinajstić information content (AvgIpc) is 2.96. The molecule has 19 heavy (non-hydrogen) atoms. The summed E-state index contributed by atoms with van der Waals surface area (Å²) in [6, 6.07) is 0. The van der Waals surface area contributed by atoms with E-state index in [1.807, 2.05) is 0 Å². The summed E-state index contributed by atoms with van der Waals surface area (Å²) in [4.78, 5) is 9.11. The van der Waals surface area contributed by atoms with Crippen LogP contribution in [0.3, 0.4) is 0 Å². The third-order valence-corrected chi connectivity index (χ3v) is 3.72. The van der Waals surface area contributed by atoms with Crippen molar-refractivity contribution >= 4 is 0 Å². The summed E-state index contributed by atoms with van der Waals surface area (Å²) in [7, 11) is 0. The first-order chi connectivity index (χ1) is 9.15. The molecule has 2 heterocycles. The lowest BCUT2D eigenvalue weighted by molar-refractivity contribution is 0.362. The quantitative estimate of drug-likeness (QED) is 0.851. The Morgan fingerprint density at radius 1 is 1.21 bits per heavy atom. The van der Waals surface area contributed by atoms with Crippen LogP contribution in [0.4, 0.5) is 0 Å². The van der Waals surface area contributed by atoms with E-state index in [0.29, 0.717) is 18.4 Å². The number of nitrogens with zero attached hydrogens (tertiary/aromatic N) is 4. The topological polar surface area (TPSA) is 56.7 Å². The highest BCUT2D eigenvalue weighted by Crippen LogP contribution is 2.23. The molecule has 0 N–H and O–H groups in total. The van der Waals surface area contributed by atoms with Crippen LogP contribution in [0.15, 0.2) is 4.52 Å². The van der Waals surface area contributed by atoms with Gasteiger partial charge in [0.25, 0.3) is 0 Å². The fraction of sp³-hybridized carbons (Fsp3) is 0.643. The molecule has 0 amide bonds. The Morgan fingerprint density at radius 3 is 2.74 bits per heavy atom. The molecule has 102 valence electrons. The Balaban J connectivity index is 1.88. The van der Waals surface area contributed by atoms with E-state index in [4.69, 9.17) is 4.52 Å². The van der Waals surface area contributed by atoms with Crippen molar-refractivity contribution in [2.75, 3.05) is 0 Å². The number of rotatable bonds is 3. The molecular formula is C14H20N4O. The molecule has 5 nitrogen and oxygen atoms in total. The Kier molecular flexibility index (Phi) is 3.12. The molecule has 0 saturated heterocycles. The van der Waals surface area contributed by atoms with Gasteiger partial charge in [-0.25, -0.2) is 4.98 Å². The summed E-state index contributed by atoms with van der Waals surface area (Å²) in [5.74, 6) is 2.81. The van der Waals surface area contributed by atoms with Crippen LogP contribution >= 0.6 is 0 Å². The maximum Gasteiger partial charge on any atom is 0.246 e. The van der Waals surface area contributed by atoms with Crippen molar-refractivity contribution in [1.82, 2.24) is 19.7 Å². The van der Waals surface area contributed by atoms with Gasteiger partial charge in [0.05, 0.1) is 5.69 Å². The van der Waals surface area contributed by atoms with Crippen molar-refractivity contribution < 1.29 is 4.52 Å². The normalized spacial score (nSPS) is 14.9. The lowest BCUT2D eigenvalue weighted by Crippen LogP contribution is -2.10. The molecule has 0 aliphatic heterocycles. The molecule has 1 aliphatic rings. The highest BCUT2D eigenvalue weighted by molar-refractivity contribution is 5.20. The molecule has 2 aromatic heterocycles. The van der Waals surface area contributed by atoms with E-state index in [1.165, 1.54) is 24.2 Å². The first-order valence-corrected chi connectivity index (χ1v) is 7.02. The van der Waals surface area contributed by atoms with Crippen molar-refractivity contribution in [2.45, 2.75) is 58.9 Å². The predicted molar refractivity (Wildman–Crippen MR) is 71.1 cm³/mol. The molecule has 3 rings (SSSR count). The zero-order valence-electron chi connectivity index (χ0n) is 11.8. The monoisotopic (exact) mass is 260 g/mol. The third kappa shape index (κ3) is 2.29. The van der Waals surface area contributed by atoms with Gasteiger partial charge in [-0.15, -0.1) is 0 Å². The van der Waals surface area contributed by atoms with Crippen LogP contribution in [0.5, 0.6) is 0 Å². The SMILES string of the molecule is Cc1nc2c(n1Cc1nc(C(C)C)no1)CCCC2. The average molecular weight is 260 g/mol. The minimum absolute atomic E-state index is 0.301. The standard InChI is InChI=1S/C14H20N4O/c1-9(2)14-16-13(19-17-14)8-18-10(3)15-11-6-4-5-7-12(11)18/h9H,4-8H2,1-3H3. The molecule has 5 heteroatoms. The van der Waals surface area contributed by atoms with Crippen molar-refractivity contribution in [3.8, 4) is 0 Å². The van der Waals surface area contributed by atoms with Crippen LogP contribution in [-0.4, -0.2) is 19.7 Å². The van der Waals surface area contributed by atoms with Crippen LogP contribution in [-0.2, 0) is 19.4 Å². The fourth-order valence-electron chi connectivity index (χ4n) is 2.65. The summed E-state index contributed by atoms with van der Waals surface area (Å²) in [5, 5.41) is 4.02. The largest absolute Gasteiger partial charge is 0.337 e. The van der Waals surface area contributed by atoms with Crippen LogP contribution < -0.4 is 0 Å². The second-order valence-electron chi connectivity index (χ2n) is 5.55. The van der Waals surface area contributed by atoms with Gasteiger partial charge in [0.2, 0.25) is 5.89 Å². The van der Waals surface area contributed by atoms with Gasteiger partial charge in [0, 0.05) is 11.6 Å². The second-order valence-corrected chi connectivity index (χ2v) is 5.55. The van der Waals surface area contributed by atoms with Gasteiger partial charge in [0.15, 0.2) is 5.82 Å². The highest BCUT2D eigenvalue weighted by atomic mass is 16.5. The summed E-state index contributed by atoms with van der Waals surface area (Å²) < 4.78 is 7.56. The van der Waals surface area contributed by atoms with E-state index in [2.05, 4.69) is 40.5 Å². The molecule has 0 aromatic carbocycles. The lowest BCUT2D eigenvalue weighted by Gasteiger charge is -2.13. The first-order valence-electron chi connectivity index (χ1n) is 7.02. The number of aryl methyl sites for hydroxylation is 2. The van der Waals surface area contributed by atoms with E-state index in [9.17, 15) is 0 Å². The number of fused-ring (bicyclic) bond motifs is 1. The van der Waals surface area contributed by atoms with Crippen LogP contribution in [0.2, 0.25) is 0 Å². The predicted octanol–water partition coefficient (Wildman–Crippen LogP) is 2.63. The number of imidazole rings is 1. The molecule has 0 unspecified atom stereocenters. The van der Waals surface area contributed by atoms with E-state index >= 15 is 0 Å². The first kappa shape index (κ1) is 12.4. The van der Waals surface area contributed by atoms with Gasteiger partial charge >= 0.3 is 0 Å². The lowest BCUT2D eigenvalue weighted by atomic mass is 10.0. The van der Waals surface area contributed by atoms with Crippen molar-refractivity contribution in [1.29, 1.82) is 0 Å². The zero-order chi connectivity index (χ0) is 13.4. The Labute approximate surface area is 113 Å². The summed E-state index contributed by atoms with van der Waals surface area (Å²) in [6.07, 6.45) is 4.71. The van der Waals surface area contributed by atoms with Gasteiger partial charge in [-0.2, -0.15) is 4.98 Å². The van der Waals surface area contributed by atoms with Crippen molar-refractivity contribution in [2.24, 2.45) is 0 Å². The van der Waals surface area contributed by atoms with E-state index in [1.54, 1.807) is 0 Å². The van der Waals surface area contributed by atoms with Gasteiger partial charge in [0.1, 0.15) is 12.4 Å². The highest BCUT2D eigenvalue weighted by Gasteiger charge is 2.19. The minimum atomic E-state index is 0.301. The molecule has 0 saturated carbocycles. The maximum absolute atomic E-state index is 5.34. The zero-order valence-corrected chi connectivity index (χ0v) is 11.8. The Morgan fingerprint density at radius 2 is 2.00 bits per heavy atom. The Hall–Kier alpha value is -1.65. The summed E-state index contributed by atoms with van der Waals surface area (Å²) in [5.41, 5.74) is 2.61.